The van der Waals surface area contributed by atoms with Crippen LogP contribution in [-0.2, 0) is 36.7 Å². The molecule has 1 N–H and O–H groups in total. The number of rotatable bonds is 10. The molecule has 0 aliphatic rings. The summed E-state index contributed by atoms with van der Waals surface area (Å²) in [5, 5.41) is 12.6. The summed E-state index contributed by atoms with van der Waals surface area (Å²) in [6.45, 7) is 25.9. The molecule has 53 heavy (non-hydrogen) atoms. The van der Waals surface area contributed by atoms with Gasteiger partial charge in [0, 0.05) is 58.7 Å². The first-order valence-corrected chi connectivity index (χ1v) is 19.8. The molecule has 0 fully saturated rings. The predicted molar refractivity (Wildman–Crippen MR) is 222 cm³/mol. The number of carbonyl (C=O) groups is 1. The number of thiophene rings is 1. The Morgan fingerprint density at radius 1 is 0.887 bits per heavy atom. The summed E-state index contributed by atoms with van der Waals surface area (Å²) in [7, 11) is 0. The number of allylic oxidation sites excluding steroid dienone is 2. The minimum Gasteiger partial charge on any atom is -0.512 e. The fourth-order valence-electron chi connectivity index (χ4n) is 7.22. The summed E-state index contributed by atoms with van der Waals surface area (Å²) >= 11 is 1.63. The number of hydrogen-bond donors (Lipinski definition) is 1. The Kier molecular flexibility index (Phi) is 15.4. The topological polar surface area (TPSA) is 50.2 Å². The molecule has 2 heterocycles. The van der Waals surface area contributed by atoms with Gasteiger partial charge in [0.1, 0.15) is 5.82 Å². The zero-order valence-corrected chi connectivity index (χ0v) is 37.1. The smallest absolute Gasteiger partial charge is 0.162 e. The number of aliphatic hydroxyl groups excluding tert-OH is 1. The summed E-state index contributed by atoms with van der Waals surface area (Å²) < 4.78 is 16.0. The van der Waals surface area contributed by atoms with Crippen LogP contribution in [0.5, 0.6) is 0 Å². The largest absolute Gasteiger partial charge is 0.512 e. The number of hydrogen-bond acceptors (Lipinski definition) is 4. The van der Waals surface area contributed by atoms with Gasteiger partial charge in [-0.15, -0.1) is 40.5 Å². The molecule has 0 saturated heterocycles. The molecular formula is C47H59FIrNO2S-. The number of ketones is 1. The van der Waals surface area contributed by atoms with Crippen LogP contribution in [0.2, 0.25) is 0 Å². The van der Waals surface area contributed by atoms with Crippen LogP contribution < -0.4 is 0 Å². The van der Waals surface area contributed by atoms with Crippen LogP contribution in [0.1, 0.15) is 117 Å². The minimum atomic E-state index is -0.280. The molecule has 287 valence electrons. The Balaban J connectivity index is 0.000000403. The molecule has 0 unspecified atom stereocenters. The van der Waals surface area contributed by atoms with Crippen LogP contribution in [0, 0.1) is 43.0 Å². The third kappa shape index (κ3) is 10.7. The molecule has 2 aromatic heterocycles. The van der Waals surface area contributed by atoms with E-state index in [4.69, 9.17) is 0 Å². The molecule has 0 bridgehead atoms. The molecule has 3 aromatic carbocycles. The van der Waals surface area contributed by atoms with E-state index in [-0.39, 0.29) is 60.1 Å². The van der Waals surface area contributed by atoms with E-state index in [0.717, 1.165) is 58.3 Å². The Morgan fingerprint density at radius 2 is 1.47 bits per heavy atom. The van der Waals surface area contributed by atoms with Crippen LogP contribution in [0.3, 0.4) is 0 Å². The van der Waals surface area contributed by atoms with E-state index in [1.165, 1.54) is 45.5 Å². The van der Waals surface area contributed by atoms with Crippen molar-refractivity contribution in [1.29, 1.82) is 0 Å². The van der Waals surface area contributed by atoms with Gasteiger partial charge in [-0.1, -0.05) is 111 Å². The Hall–Kier alpha value is -3.18. The first kappa shape index (κ1) is 44.2. The van der Waals surface area contributed by atoms with E-state index in [1.807, 2.05) is 39.8 Å². The number of benzene rings is 3. The standard InChI is InChI=1S/C34H35FNS.C13H24O2.Ir/c1-20-13-22(18-33(3,4)5)14-21(2)30(20)29-17-26-28(35)19-36-31(32(26)37-29)24-15-23-11-9-10-12-25(23)27(16-24)34(6,7)8;1-5-10(6-2)12(14)9-13(15)11(7-3)8-4;/h9-14,16-17,19H,18H2,1-8H3;9-11,14H,5-8H2,1-4H3;/q-1;;/b;12-9-;. The number of pyridine rings is 1. The van der Waals surface area contributed by atoms with Crippen molar-refractivity contribution < 1.29 is 34.4 Å². The van der Waals surface area contributed by atoms with Crippen LogP contribution in [-0.4, -0.2) is 15.9 Å². The van der Waals surface area contributed by atoms with Gasteiger partial charge in [-0.05, 0) is 85.1 Å². The Morgan fingerprint density at radius 3 is 2.02 bits per heavy atom. The number of carbonyl (C=O) groups excluding carboxylic acids is 1. The van der Waals surface area contributed by atoms with E-state index in [0.29, 0.717) is 5.39 Å². The van der Waals surface area contributed by atoms with E-state index < -0.39 is 0 Å². The molecule has 0 amide bonds. The average molecular weight is 913 g/mol. The quantitative estimate of drug-likeness (QED) is 0.0863. The molecule has 6 heteroatoms. The van der Waals surface area contributed by atoms with Crippen LogP contribution in [0.4, 0.5) is 4.39 Å². The summed E-state index contributed by atoms with van der Waals surface area (Å²) in [5.74, 6) is 0.267. The minimum absolute atomic E-state index is 0. The Labute approximate surface area is 335 Å². The molecular weight excluding hydrogens is 854 g/mol. The SMILES string of the molecule is CCC(CC)C(=O)/C=C(\O)C(CC)CC.Cc1cc(CC(C)(C)C)cc(C)c1-c1cc2c(F)cnc(-c3[c-]c4ccccc4c(C(C)(C)C)c3)c2s1.[Ir]. The number of nitrogens with zero attached hydrogens (tertiary/aromatic N) is 1. The van der Waals surface area contributed by atoms with Gasteiger partial charge in [-0.2, -0.15) is 0 Å². The van der Waals surface area contributed by atoms with Gasteiger partial charge >= 0.3 is 0 Å². The summed E-state index contributed by atoms with van der Waals surface area (Å²) in [6, 6.07) is 20.7. The molecule has 0 saturated carbocycles. The van der Waals surface area contributed by atoms with Crippen molar-refractivity contribution in [3.8, 4) is 21.7 Å². The van der Waals surface area contributed by atoms with E-state index in [2.05, 4.69) is 103 Å². The number of halogens is 1. The molecule has 0 spiro atoms. The van der Waals surface area contributed by atoms with Gasteiger partial charge in [0.2, 0.25) is 0 Å². The van der Waals surface area contributed by atoms with Gasteiger partial charge in [0.05, 0.1) is 12.0 Å². The molecule has 5 aromatic rings. The fourth-order valence-corrected chi connectivity index (χ4v) is 8.57. The second-order valence-electron chi connectivity index (χ2n) is 16.5. The second kappa shape index (κ2) is 18.4. The van der Waals surface area contributed by atoms with E-state index >= 15 is 4.39 Å². The van der Waals surface area contributed by atoms with Crippen molar-refractivity contribution >= 4 is 38.0 Å². The maximum Gasteiger partial charge on any atom is 0.162 e. The van der Waals surface area contributed by atoms with Crippen molar-refractivity contribution in [3.05, 3.63) is 101 Å². The zero-order chi connectivity index (χ0) is 38.5. The van der Waals surface area contributed by atoms with E-state index in [1.54, 1.807) is 11.3 Å². The van der Waals surface area contributed by atoms with Gasteiger partial charge < -0.3 is 5.11 Å². The molecule has 3 nitrogen and oxygen atoms in total. The van der Waals surface area contributed by atoms with Gasteiger partial charge in [0.15, 0.2) is 5.78 Å². The van der Waals surface area contributed by atoms with E-state index in [9.17, 15) is 9.90 Å². The first-order valence-electron chi connectivity index (χ1n) is 19.0. The van der Waals surface area contributed by atoms with Gasteiger partial charge in [-0.3, -0.25) is 9.78 Å². The van der Waals surface area contributed by atoms with Crippen molar-refractivity contribution in [1.82, 2.24) is 4.98 Å². The van der Waals surface area contributed by atoms with Gasteiger partial charge in [0.25, 0.3) is 0 Å². The van der Waals surface area contributed by atoms with Crippen LogP contribution in [0.25, 0.3) is 42.6 Å². The third-order valence-electron chi connectivity index (χ3n) is 10.0. The number of aliphatic hydroxyl groups is 1. The molecule has 5 rings (SSSR count). The maximum atomic E-state index is 15.1. The fraction of sp³-hybridized carbons (Fsp3) is 0.447. The molecule has 0 atom stereocenters. The van der Waals surface area contributed by atoms with Crippen molar-refractivity contribution in [2.24, 2.45) is 17.3 Å². The number of aryl methyl sites for hydroxylation is 2. The van der Waals surface area contributed by atoms with Gasteiger partial charge in [-0.25, -0.2) is 4.39 Å². The zero-order valence-electron chi connectivity index (χ0n) is 33.9. The summed E-state index contributed by atoms with van der Waals surface area (Å²) in [4.78, 5) is 17.4. The monoisotopic (exact) mass is 913 g/mol. The number of fused-ring (bicyclic) bond motifs is 2. The van der Waals surface area contributed by atoms with Crippen LogP contribution >= 0.6 is 11.3 Å². The third-order valence-corrected chi connectivity index (χ3v) is 11.2. The predicted octanol–water partition coefficient (Wildman–Crippen LogP) is 14.1. The maximum absolute atomic E-state index is 15.1. The normalized spacial score (nSPS) is 12.3. The number of aromatic nitrogens is 1. The second-order valence-corrected chi connectivity index (χ2v) is 17.6. The molecule has 0 aliphatic heterocycles. The summed E-state index contributed by atoms with van der Waals surface area (Å²) in [6.07, 6.45) is 7.29. The summed E-state index contributed by atoms with van der Waals surface area (Å²) in [5.41, 5.74) is 8.13. The van der Waals surface area contributed by atoms with Crippen molar-refractivity contribution in [2.75, 3.05) is 0 Å². The first-order chi connectivity index (χ1) is 24.4. The van der Waals surface area contributed by atoms with Crippen LogP contribution in [0.15, 0.2) is 66.6 Å². The van der Waals surface area contributed by atoms with Crippen molar-refractivity contribution in [2.45, 2.75) is 121 Å². The molecule has 1 radical (unpaired) electrons. The Bertz CT molecular complexity index is 2030. The molecule has 0 aliphatic carbocycles. The van der Waals surface area contributed by atoms with Crippen molar-refractivity contribution in [3.63, 3.8) is 0 Å². The average Bonchev–Trinajstić information content (AvgIpc) is 3.50.